The van der Waals surface area contributed by atoms with Gasteiger partial charge < -0.3 is 9.64 Å². The molecule has 0 spiro atoms. The summed E-state index contributed by atoms with van der Waals surface area (Å²) in [6, 6.07) is 26.7. The maximum absolute atomic E-state index is 13.6. The van der Waals surface area contributed by atoms with Gasteiger partial charge in [0.2, 0.25) is 0 Å². The van der Waals surface area contributed by atoms with Gasteiger partial charge in [-0.25, -0.2) is 0 Å². The molecular formula is C36H44N2O2. The van der Waals surface area contributed by atoms with Crippen LogP contribution in [0, 0.1) is 5.92 Å². The summed E-state index contributed by atoms with van der Waals surface area (Å²) in [6.45, 7) is 4.63. The highest BCUT2D eigenvalue weighted by Gasteiger charge is 2.26. The summed E-state index contributed by atoms with van der Waals surface area (Å²) >= 11 is 0. The molecule has 2 heterocycles. The van der Waals surface area contributed by atoms with Gasteiger partial charge in [0.05, 0.1) is 6.61 Å². The van der Waals surface area contributed by atoms with Crippen LogP contribution < -0.4 is 4.74 Å². The topological polar surface area (TPSA) is 32.8 Å². The molecule has 1 saturated carbocycles. The van der Waals surface area contributed by atoms with Crippen LogP contribution in [-0.2, 0) is 19.4 Å². The standard InChI is InChI=1S/C36H44N2O2/c39-36(37-20-17-29(18-21-37)23-28-9-3-1-4-10-28)32-15-16-35-33(26-32)25-30-11-7-12-31(24-30)27-38(34-13-8-14-34)19-5-2-6-22-40-35/h1,3-4,7,9-12,15-16,24,26,29,34H,2,5-6,8,13-14,17-23,25,27H2. The van der Waals surface area contributed by atoms with E-state index in [1.807, 2.05) is 12.1 Å². The van der Waals surface area contributed by atoms with Gasteiger partial charge in [0.25, 0.3) is 5.91 Å². The first-order valence-corrected chi connectivity index (χ1v) is 15.6. The number of piperidine rings is 1. The van der Waals surface area contributed by atoms with Crippen LogP contribution in [0.4, 0.5) is 0 Å². The second kappa shape index (κ2) is 13.0. The zero-order chi connectivity index (χ0) is 27.1. The molecule has 1 aliphatic carbocycles. The maximum atomic E-state index is 13.6. The highest BCUT2D eigenvalue weighted by Crippen LogP contribution is 2.29. The number of ether oxygens (including phenoxy) is 1. The number of rotatable bonds is 4. The lowest BCUT2D eigenvalue weighted by Crippen LogP contribution is -2.40. The molecule has 4 nitrogen and oxygen atoms in total. The molecule has 0 atom stereocenters. The molecule has 1 saturated heterocycles. The summed E-state index contributed by atoms with van der Waals surface area (Å²) in [5, 5.41) is 0. The molecule has 2 aliphatic heterocycles. The molecule has 2 fully saturated rings. The molecule has 3 aliphatic rings. The van der Waals surface area contributed by atoms with Crippen LogP contribution in [0.25, 0.3) is 0 Å². The third kappa shape index (κ3) is 6.78. The molecule has 0 radical (unpaired) electrons. The molecule has 40 heavy (non-hydrogen) atoms. The fraction of sp³-hybridized carbons (Fsp3) is 0.472. The van der Waals surface area contributed by atoms with Gasteiger partial charge in [-0.3, -0.25) is 9.69 Å². The molecule has 1 amide bonds. The third-order valence-corrected chi connectivity index (χ3v) is 9.29. The number of nitrogens with zero attached hydrogens (tertiary/aromatic N) is 2. The van der Waals surface area contributed by atoms with Crippen LogP contribution in [0.1, 0.15) is 84.0 Å². The van der Waals surface area contributed by atoms with Crippen molar-refractivity contribution in [3.63, 3.8) is 0 Å². The Morgan fingerprint density at radius 3 is 2.40 bits per heavy atom. The predicted molar refractivity (Wildman–Crippen MR) is 162 cm³/mol. The molecule has 0 N–H and O–H groups in total. The Hall–Kier alpha value is -3.11. The van der Waals surface area contributed by atoms with E-state index in [-0.39, 0.29) is 5.91 Å². The van der Waals surface area contributed by atoms with Crippen LogP contribution in [0.2, 0.25) is 0 Å². The van der Waals surface area contributed by atoms with Crippen LogP contribution in [-0.4, -0.2) is 48.0 Å². The fourth-order valence-electron chi connectivity index (χ4n) is 6.67. The molecule has 0 aromatic heterocycles. The van der Waals surface area contributed by atoms with E-state index in [0.717, 1.165) is 81.3 Å². The van der Waals surface area contributed by atoms with Gasteiger partial charge in [0.1, 0.15) is 5.75 Å². The van der Waals surface area contributed by atoms with Gasteiger partial charge in [-0.15, -0.1) is 0 Å². The van der Waals surface area contributed by atoms with Gasteiger partial charge in [0, 0.05) is 37.7 Å². The average molecular weight is 537 g/mol. The minimum atomic E-state index is 0.158. The Bertz CT molecular complexity index is 1260. The zero-order valence-corrected chi connectivity index (χ0v) is 23.9. The smallest absolute Gasteiger partial charge is 0.253 e. The monoisotopic (exact) mass is 536 g/mol. The molecular weight excluding hydrogens is 492 g/mol. The second-order valence-electron chi connectivity index (χ2n) is 12.2. The van der Waals surface area contributed by atoms with Crippen molar-refractivity contribution < 1.29 is 9.53 Å². The van der Waals surface area contributed by atoms with Crippen molar-refractivity contribution in [1.82, 2.24) is 9.80 Å². The van der Waals surface area contributed by atoms with Gasteiger partial charge >= 0.3 is 0 Å². The Labute approximate surface area is 240 Å². The van der Waals surface area contributed by atoms with Crippen molar-refractivity contribution in [1.29, 1.82) is 0 Å². The van der Waals surface area contributed by atoms with Crippen molar-refractivity contribution in [3.05, 3.63) is 101 Å². The van der Waals surface area contributed by atoms with Crippen molar-refractivity contribution >= 4 is 5.91 Å². The summed E-state index contributed by atoms with van der Waals surface area (Å²) < 4.78 is 6.32. The van der Waals surface area contributed by atoms with Crippen LogP contribution >= 0.6 is 0 Å². The van der Waals surface area contributed by atoms with Gasteiger partial charge in [-0.2, -0.15) is 0 Å². The van der Waals surface area contributed by atoms with Gasteiger partial charge in [-0.05, 0) is 104 Å². The zero-order valence-electron chi connectivity index (χ0n) is 23.9. The highest BCUT2D eigenvalue weighted by molar-refractivity contribution is 5.94. The molecule has 6 rings (SSSR count). The first-order valence-electron chi connectivity index (χ1n) is 15.6. The van der Waals surface area contributed by atoms with Crippen molar-refractivity contribution in [2.75, 3.05) is 26.2 Å². The number of hydrogen-bond donors (Lipinski definition) is 0. The van der Waals surface area contributed by atoms with E-state index in [4.69, 9.17) is 4.74 Å². The van der Waals surface area contributed by atoms with Crippen LogP contribution in [0.3, 0.4) is 0 Å². The van der Waals surface area contributed by atoms with E-state index in [9.17, 15) is 4.79 Å². The summed E-state index contributed by atoms with van der Waals surface area (Å²) in [7, 11) is 0. The molecule has 2 bridgehead atoms. The first kappa shape index (κ1) is 27.1. The van der Waals surface area contributed by atoms with Crippen molar-refractivity contribution in [2.45, 2.75) is 76.8 Å². The molecule has 3 aromatic carbocycles. The van der Waals surface area contributed by atoms with E-state index in [1.165, 1.54) is 55.3 Å². The largest absolute Gasteiger partial charge is 0.493 e. The highest BCUT2D eigenvalue weighted by atomic mass is 16.5. The minimum absolute atomic E-state index is 0.158. The van der Waals surface area contributed by atoms with E-state index in [1.54, 1.807) is 0 Å². The number of likely N-dealkylation sites (tertiary alicyclic amines) is 1. The fourth-order valence-corrected chi connectivity index (χ4v) is 6.67. The first-order chi connectivity index (χ1) is 19.7. The van der Waals surface area contributed by atoms with Gasteiger partial charge in [0.15, 0.2) is 0 Å². The SMILES string of the molecule is O=C(c1ccc2c(c1)Cc1cccc(c1)CN(C1CCC1)CCCCCO2)N1CCC(Cc2ccccc2)CC1. The molecule has 4 heteroatoms. The number of benzene rings is 3. The lowest BCUT2D eigenvalue weighted by atomic mass is 9.90. The van der Waals surface area contributed by atoms with Crippen molar-refractivity contribution in [3.8, 4) is 5.75 Å². The molecule has 210 valence electrons. The minimum Gasteiger partial charge on any atom is -0.493 e. The Morgan fingerprint density at radius 2 is 1.60 bits per heavy atom. The Morgan fingerprint density at radius 1 is 0.775 bits per heavy atom. The predicted octanol–water partition coefficient (Wildman–Crippen LogP) is 7.29. The van der Waals surface area contributed by atoms with E-state index in [2.05, 4.69) is 70.5 Å². The van der Waals surface area contributed by atoms with Crippen LogP contribution in [0.5, 0.6) is 5.75 Å². The Kier molecular flexibility index (Phi) is 8.83. The molecule has 3 aromatic rings. The molecule has 0 unspecified atom stereocenters. The summed E-state index contributed by atoms with van der Waals surface area (Å²) in [5.41, 5.74) is 6.00. The van der Waals surface area contributed by atoms with Crippen LogP contribution in [0.15, 0.2) is 72.8 Å². The lowest BCUT2D eigenvalue weighted by Gasteiger charge is -2.38. The van der Waals surface area contributed by atoms with Crippen molar-refractivity contribution in [2.24, 2.45) is 5.92 Å². The number of hydrogen-bond acceptors (Lipinski definition) is 3. The summed E-state index contributed by atoms with van der Waals surface area (Å²) in [5.74, 6) is 1.74. The van der Waals surface area contributed by atoms with E-state index >= 15 is 0 Å². The van der Waals surface area contributed by atoms with Gasteiger partial charge in [-0.1, -0.05) is 61.0 Å². The summed E-state index contributed by atoms with van der Waals surface area (Å²) in [4.78, 5) is 18.4. The van der Waals surface area contributed by atoms with E-state index in [0.29, 0.717) is 5.92 Å². The Balaban J connectivity index is 1.16. The number of carbonyl (C=O) groups is 1. The number of fused-ring (bicyclic) bond motifs is 3. The summed E-state index contributed by atoms with van der Waals surface area (Å²) in [6.07, 6.45) is 11.6. The number of carbonyl (C=O) groups excluding carboxylic acids is 1. The lowest BCUT2D eigenvalue weighted by molar-refractivity contribution is 0.0690. The maximum Gasteiger partial charge on any atom is 0.253 e. The quantitative estimate of drug-likeness (QED) is 0.351. The van der Waals surface area contributed by atoms with E-state index < -0.39 is 0 Å². The number of amides is 1. The second-order valence-corrected chi connectivity index (χ2v) is 12.2. The average Bonchev–Trinajstić information content (AvgIpc) is 2.95. The third-order valence-electron chi connectivity index (χ3n) is 9.29. The normalized spacial score (nSPS) is 19.6.